The molecule has 1 amide bonds. The van der Waals surface area contributed by atoms with Crippen LogP contribution in [0.3, 0.4) is 0 Å². The molecule has 5 nitrogen and oxygen atoms in total. The summed E-state index contributed by atoms with van der Waals surface area (Å²) in [5.41, 5.74) is 3.67. The maximum atomic E-state index is 12.9. The van der Waals surface area contributed by atoms with Gasteiger partial charge in [0.25, 0.3) is 5.91 Å². The van der Waals surface area contributed by atoms with E-state index in [1.54, 1.807) is 0 Å². The van der Waals surface area contributed by atoms with E-state index in [4.69, 9.17) is 0 Å². The highest BCUT2D eigenvalue weighted by Gasteiger charge is 2.23. The molecule has 1 N–H and O–H groups in total. The molecular formula is C21H26Cl2N4O. The molecule has 1 fully saturated rings. The molecule has 0 bridgehead atoms. The molecule has 1 aliphatic rings. The monoisotopic (exact) mass is 420 g/mol. The fourth-order valence-corrected chi connectivity index (χ4v) is 3.80. The van der Waals surface area contributed by atoms with E-state index >= 15 is 0 Å². The Hall–Kier alpha value is -2.08. The van der Waals surface area contributed by atoms with Gasteiger partial charge < -0.3 is 10.2 Å². The van der Waals surface area contributed by atoms with Gasteiger partial charge in [-0.25, -0.2) is 4.98 Å². The van der Waals surface area contributed by atoms with Crippen LogP contribution in [0.25, 0.3) is 16.7 Å². The molecule has 3 aromatic rings. The highest BCUT2D eigenvalue weighted by atomic mass is 35.5. The number of aryl methyl sites for hydroxylation is 1. The number of halogens is 2. The number of carbonyl (C=O) groups is 1. The van der Waals surface area contributed by atoms with Crippen LogP contribution in [0.15, 0.2) is 48.5 Å². The second kappa shape index (κ2) is 9.41. The van der Waals surface area contributed by atoms with Crippen molar-refractivity contribution < 1.29 is 4.79 Å². The molecule has 1 saturated heterocycles. The first-order valence-electron chi connectivity index (χ1n) is 9.17. The highest BCUT2D eigenvalue weighted by molar-refractivity contribution is 5.97. The third-order valence-corrected chi connectivity index (χ3v) is 5.26. The second-order valence-corrected chi connectivity index (χ2v) is 6.93. The number of rotatable bonds is 3. The van der Waals surface area contributed by atoms with Crippen molar-refractivity contribution in [3.05, 3.63) is 59.9 Å². The number of hydrogen-bond acceptors (Lipinski definition) is 3. The summed E-state index contributed by atoms with van der Waals surface area (Å²) in [4.78, 5) is 19.5. The van der Waals surface area contributed by atoms with Gasteiger partial charge in [0.2, 0.25) is 0 Å². The quantitative estimate of drug-likeness (QED) is 0.696. The smallest absolute Gasteiger partial charge is 0.253 e. The molecule has 0 radical (unpaired) electrons. The van der Waals surface area contributed by atoms with E-state index in [9.17, 15) is 4.79 Å². The first kappa shape index (κ1) is 22.2. The van der Waals surface area contributed by atoms with Gasteiger partial charge in [0, 0.05) is 24.3 Å². The number of piperidine rings is 1. The van der Waals surface area contributed by atoms with E-state index in [1.165, 1.54) is 0 Å². The molecular weight excluding hydrogens is 395 g/mol. The van der Waals surface area contributed by atoms with Crippen molar-refractivity contribution >= 4 is 41.8 Å². The standard InChI is InChI=1S/C21H24N4O.2ClH/c1-15-23-19-14-16(21(26)24(2)17-10-12-22-13-11-17)8-9-20(19)25(15)18-6-4-3-5-7-18;;/h3-9,14,17,22H,10-13H2,1-2H3;2*1H. The lowest BCUT2D eigenvalue weighted by atomic mass is 10.0. The summed E-state index contributed by atoms with van der Waals surface area (Å²) in [7, 11) is 1.91. The summed E-state index contributed by atoms with van der Waals surface area (Å²) in [6.07, 6.45) is 2.01. The molecule has 28 heavy (non-hydrogen) atoms. The maximum absolute atomic E-state index is 12.9. The number of fused-ring (bicyclic) bond motifs is 1. The Morgan fingerprint density at radius 2 is 1.79 bits per heavy atom. The van der Waals surface area contributed by atoms with E-state index in [0.717, 1.165) is 48.5 Å². The number of imidazole rings is 1. The Morgan fingerprint density at radius 3 is 2.46 bits per heavy atom. The minimum absolute atomic E-state index is 0. The van der Waals surface area contributed by atoms with Crippen molar-refractivity contribution in [1.29, 1.82) is 0 Å². The van der Waals surface area contributed by atoms with Crippen molar-refractivity contribution in [2.45, 2.75) is 25.8 Å². The van der Waals surface area contributed by atoms with Gasteiger partial charge in [-0.3, -0.25) is 9.36 Å². The van der Waals surface area contributed by atoms with E-state index in [-0.39, 0.29) is 30.7 Å². The van der Waals surface area contributed by atoms with E-state index in [1.807, 2.05) is 55.3 Å². The molecule has 0 spiro atoms. The molecule has 0 atom stereocenters. The van der Waals surface area contributed by atoms with Crippen LogP contribution in [0, 0.1) is 6.92 Å². The number of hydrogen-bond donors (Lipinski definition) is 1. The molecule has 2 aromatic carbocycles. The minimum Gasteiger partial charge on any atom is -0.339 e. The predicted octanol–water partition coefficient (Wildman–Crippen LogP) is 4.00. The van der Waals surface area contributed by atoms with Crippen LogP contribution < -0.4 is 5.32 Å². The lowest BCUT2D eigenvalue weighted by molar-refractivity contribution is 0.0703. The zero-order valence-electron chi connectivity index (χ0n) is 16.1. The van der Waals surface area contributed by atoms with Gasteiger partial charge >= 0.3 is 0 Å². The number of carbonyl (C=O) groups excluding carboxylic acids is 1. The van der Waals surface area contributed by atoms with Gasteiger partial charge in [-0.15, -0.1) is 24.8 Å². The molecule has 150 valence electrons. The second-order valence-electron chi connectivity index (χ2n) is 6.93. The summed E-state index contributed by atoms with van der Waals surface area (Å²) in [5, 5.41) is 3.35. The van der Waals surface area contributed by atoms with E-state index < -0.39 is 0 Å². The Morgan fingerprint density at radius 1 is 1.11 bits per heavy atom. The fraction of sp³-hybridized carbons (Fsp3) is 0.333. The van der Waals surface area contributed by atoms with Crippen molar-refractivity contribution in [3.63, 3.8) is 0 Å². The molecule has 1 aromatic heterocycles. The summed E-state index contributed by atoms with van der Waals surface area (Å²) in [5.74, 6) is 0.994. The summed E-state index contributed by atoms with van der Waals surface area (Å²) < 4.78 is 2.13. The van der Waals surface area contributed by atoms with Crippen LogP contribution in [0.5, 0.6) is 0 Å². The van der Waals surface area contributed by atoms with Gasteiger partial charge in [0.15, 0.2) is 0 Å². The Labute approximate surface area is 178 Å². The van der Waals surface area contributed by atoms with E-state index in [0.29, 0.717) is 11.6 Å². The largest absolute Gasteiger partial charge is 0.339 e. The van der Waals surface area contributed by atoms with Crippen LogP contribution in [-0.4, -0.2) is 46.5 Å². The molecule has 7 heteroatoms. The van der Waals surface area contributed by atoms with Gasteiger partial charge in [-0.05, 0) is 63.2 Å². The molecule has 0 saturated carbocycles. The zero-order chi connectivity index (χ0) is 18.1. The van der Waals surface area contributed by atoms with Crippen LogP contribution in [-0.2, 0) is 0 Å². The van der Waals surface area contributed by atoms with Gasteiger partial charge in [-0.2, -0.15) is 0 Å². The lowest BCUT2D eigenvalue weighted by Crippen LogP contribution is -2.43. The summed E-state index contributed by atoms with van der Waals surface area (Å²) >= 11 is 0. The maximum Gasteiger partial charge on any atom is 0.253 e. The normalized spacial score (nSPS) is 14.2. The summed E-state index contributed by atoms with van der Waals surface area (Å²) in [6.45, 7) is 3.94. The van der Waals surface area contributed by atoms with Crippen molar-refractivity contribution in [1.82, 2.24) is 19.8 Å². The lowest BCUT2D eigenvalue weighted by Gasteiger charge is -2.31. The van der Waals surface area contributed by atoms with Crippen LogP contribution in [0.2, 0.25) is 0 Å². The van der Waals surface area contributed by atoms with Crippen LogP contribution in [0.4, 0.5) is 0 Å². The minimum atomic E-state index is 0. The zero-order valence-corrected chi connectivity index (χ0v) is 17.7. The van der Waals surface area contributed by atoms with Crippen molar-refractivity contribution in [2.75, 3.05) is 20.1 Å². The predicted molar refractivity (Wildman–Crippen MR) is 118 cm³/mol. The van der Waals surface area contributed by atoms with Gasteiger partial charge in [-0.1, -0.05) is 18.2 Å². The average molecular weight is 421 g/mol. The van der Waals surface area contributed by atoms with E-state index in [2.05, 4.69) is 27.0 Å². The first-order chi connectivity index (χ1) is 12.6. The Kier molecular flexibility index (Phi) is 7.47. The van der Waals surface area contributed by atoms with Crippen molar-refractivity contribution in [3.8, 4) is 5.69 Å². The summed E-state index contributed by atoms with van der Waals surface area (Å²) in [6, 6.07) is 16.3. The van der Waals surface area contributed by atoms with Crippen LogP contribution >= 0.6 is 24.8 Å². The highest BCUT2D eigenvalue weighted by Crippen LogP contribution is 2.23. The Bertz CT molecular complexity index is 936. The molecule has 0 aliphatic carbocycles. The number of amides is 1. The number of nitrogens with zero attached hydrogens (tertiary/aromatic N) is 3. The first-order valence-corrected chi connectivity index (χ1v) is 9.17. The van der Waals surface area contributed by atoms with Gasteiger partial charge in [0.05, 0.1) is 11.0 Å². The number of aromatic nitrogens is 2. The SMILES string of the molecule is Cc1nc2cc(C(=O)N(C)C3CCNCC3)ccc2n1-c1ccccc1.Cl.Cl. The van der Waals surface area contributed by atoms with Gasteiger partial charge in [0.1, 0.15) is 5.82 Å². The fourth-order valence-electron chi connectivity index (χ4n) is 3.80. The third-order valence-electron chi connectivity index (χ3n) is 5.26. The topological polar surface area (TPSA) is 50.2 Å². The molecule has 4 rings (SSSR count). The van der Waals surface area contributed by atoms with Crippen LogP contribution in [0.1, 0.15) is 29.0 Å². The Balaban J connectivity index is 0.00000140. The molecule has 0 unspecified atom stereocenters. The third kappa shape index (κ3) is 4.17. The van der Waals surface area contributed by atoms with Crippen molar-refractivity contribution in [2.24, 2.45) is 0 Å². The molecule has 2 heterocycles. The molecule has 1 aliphatic heterocycles. The number of benzene rings is 2. The average Bonchev–Trinajstić information content (AvgIpc) is 3.03. The number of nitrogens with one attached hydrogen (secondary N) is 1. The number of para-hydroxylation sites is 1.